The number of benzene rings is 1. The summed E-state index contributed by atoms with van der Waals surface area (Å²) in [6.45, 7) is 0.328. The molecule has 4 aromatic rings. The number of hydrogen-bond acceptors (Lipinski definition) is 7. The summed E-state index contributed by atoms with van der Waals surface area (Å²) in [5.74, 6) is 1.31. The molecule has 1 aromatic carbocycles. The smallest absolute Gasteiger partial charge is 0.389 e. The third-order valence-corrected chi connectivity index (χ3v) is 7.79. The fourth-order valence-corrected chi connectivity index (χ4v) is 5.61. The third kappa shape index (κ3) is 4.46. The Morgan fingerprint density at radius 3 is 2.53 bits per heavy atom. The summed E-state index contributed by atoms with van der Waals surface area (Å²) in [6, 6.07) is 8.77. The lowest BCUT2D eigenvalue weighted by atomic mass is 9.72. The second-order valence-corrected chi connectivity index (χ2v) is 10.4. The van der Waals surface area contributed by atoms with Gasteiger partial charge in [0, 0.05) is 43.5 Å². The van der Waals surface area contributed by atoms with Gasteiger partial charge >= 0.3 is 6.18 Å². The van der Waals surface area contributed by atoms with Crippen LogP contribution in [0.1, 0.15) is 48.0 Å². The van der Waals surface area contributed by atoms with E-state index in [-0.39, 0.29) is 31.2 Å². The Kier molecular flexibility index (Phi) is 6.20. The number of likely N-dealkylation sites (tertiary alicyclic amines) is 1. The normalized spacial score (nSPS) is 21.7. The summed E-state index contributed by atoms with van der Waals surface area (Å²) in [5.41, 5.74) is 1.67. The quantitative estimate of drug-likeness (QED) is 0.353. The van der Waals surface area contributed by atoms with Crippen molar-refractivity contribution in [3.8, 4) is 11.3 Å². The first-order valence-electron chi connectivity index (χ1n) is 12.7. The summed E-state index contributed by atoms with van der Waals surface area (Å²) in [6.07, 6.45) is -1.55. The maximum Gasteiger partial charge on any atom is 0.433 e. The Morgan fingerprint density at radius 2 is 1.89 bits per heavy atom. The topological polar surface area (TPSA) is 116 Å². The van der Waals surface area contributed by atoms with Gasteiger partial charge in [0.25, 0.3) is 0 Å². The van der Waals surface area contributed by atoms with Gasteiger partial charge in [-0.3, -0.25) is 10.00 Å². The number of aromatic amines is 1. The lowest BCUT2D eigenvalue weighted by molar-refractivity contribution is -0.141. The molecule has 0 unspecified atom stereocenters. The zero-order chi connectivity index (χ0) is 26.6. The Morgan fingerprint density at radius 1 is 1.13 bits per heavy atom. The number of alkyl halides is 3. The van der Waals surface area contributed by atoms with Crippen LogP contribution in [0.5, 0.6) is 0 Å². The number of nitrogens with zero attached hydrogens (tertiary/aromatic N) is 6. The average Bonchev–Trinajstić information content (AvgIpc) is 3.54. The zero-order valence-corrected chi connectivity index (χ0v) is 20.7. The van der Waals surface area contributed by atoms with Crippen LogP contribution in [0.25, 0.3) is 22.2 Å². The van der Waals surface area contributed by atoms with Gasteiger partial charge in [0.05, 0.1) is 23.4 Å². The molecule has 38 heavy (non-hydrogen) atoms. The van der Waals surface area contributed by atoms with Crippen molar-refractivity contribution in [2.24, 2.45) is 13.0 Å². The Labute approximate surface area is 216 Å². The largest absolute Gasteiger partial charge is 0.433 e. The molecule has 0 bridgehead atoms. The summed E-state index contributed by atoms with van der Waals surface area (Å²) < 4.78 is 43.5. The molecule has 2 fully saturated rings. The zero-order valence-electron chi connectivity index (χ0n) is 20.7. The van der Waals surface area contributed by atoms with Crippen molar-refractivity contribution in [3.05, 3.63) is 59.4 Å². The predicted octanol–water partition coefficient (Wildman–Crippen LogP) is 3.24. The van der Waals surface area contributed by atoms with Crippen molar-refractivity contribution in [2.45, 2.75) is 50.1 Å². The van der Waals surface area contributed by atoms with Crippen LogP contribution in [0.4, 0.5) is 13.2 Å². The number of pyridine rings is 1. The number of aliphatic hydroxyl groups excluding tert-OH is 2. The van der Waals surface area contributed by atoms with Gasteiger partial charge < -0.3 is 14.8 Å². The van der Waals surface area contributed by atoms with Gasteiger partial charge in [-0.05, 0) is 36.5 Å². The highest BCUT2D eigenvalue weighted by Crippen LogP contribution is 2.43. The fourth-order valence-electron chi connectivity index (χ4n) is 5.61. The number of β-amino-alcohol motifs (C(OH)–C–C–N with tert-alkyl or cyclic N) is 2. The molecule has 0 amide bonds. The highest BCUT2D eigenvalue weighted by Gasteiger charge is 2.36. The average molecular weight is 528 g/mol. The van der Waals surface area contributed by atoms with Gasteiger partial charge in [-0.15, -0.1) is 10.2 Å². The number of fused-ring (bicyclic) bond motifs is 1. The van der Waals surface area contributed by atoms with E-state index in [1.807, 2.05) is 35.9 Å². The molecule has 1 aliphatic carbocycles. The molecule has 3 N–H and O–H groups in total. The Balaban J connectivity index is 1.43. The van der Waals surface area contributed by atoms with Crippen molar-refractivity contribution < 1.29 is 23.4 Å². The van der Waals surface area contributed by atoms with Crippen LogP contribution in [0.15, 0.2) is 36.7 Å². The molecule has 0 spiro atoms. The van der Waals surface area contributed by atoms with Crippen LogP contribution >= 0.6 is 0 Å². The number of aliphatic hydroxyl groups is 2. The number of hydrogen-bond donors (Lipinski definition) is 3. The van der Waals surface area contributed by atoms with E-state index >= 15 is 0 Å². The standard InChI is InChI=1S/C26H28F3N7O2/c1-35-13-30-34-25(35)22(14-4-2-5-14)15-6-3-7-16(8-15)23-17-9-21(26(27,28)29)31-18(24(17)33-32-23)10-36-11-19(37)20(38)12-36/h3,6-9,13-14,19-20,22,37-38H,2,4-5,10-12H2,1H3,(H,32,33)/t19-,20-,22-/m1/s1. The van der Waals surface area contributed by atoms with E-state index in [0.717, 1.165) is 36.7 Å². The summed E-state index contributed by atoms with van der Waals surface area (Å²) >= 11 is 0. The van der Waals surface area contributed by atoms with E-state index < -0.39 is 24.1 Å². The van der Waals surface area contributed by atoms with Crippen molar-refractivity contribution >= 4 is 10.9 Å². The van der Waals surface area contributed by atoms with E-state index in [0.29, 0.717) is 28.1 Å². The highest BCUT2D eigenvalue weighted by molar-refractivity contribution is 5.94. The van der Waals surface area contributed by atoms with Gasteiger partial charge in [0.2, 0.25) is 0 Å². The molecule has 2 aliphatic rings. The molecular weight excluding hydrogens is 499 g/mol. The van der Waals surface area contributed by atoms with Gasteiger partial charge in [0.1, 0.15) is 23.5 Å². The highest BCUT2D eigenvalue weighted by atomic mass is 19.4. The minimum Gasteiger partial charge on any atom is -0.389 e. The van der Waals surface area contributed by atoms with Crippen molar-refractivity contribution in [3.63, 3.8) is 0 Å². The van der Waals surface area contributed by atoms with Gasteiger partial charge in [-0.1, -0.05) is 24.6 Å². The van der Waals surface area contributed by atoms with E-state index in [1.165, 1.54) is 0 Å². The molecule has 1 saturated heterocycles. The van der Waals surface area contributed by atoms with E-state index in [4.69, 9.17) is 0 Å². The molecular formula is C26H28F3N7O2. The third-order valence-electron chi connectivity index (χ3n) is 7.79. The second-order valence-electron chi connectivity index (χ2n) is 10.4. The lowest BCUT2D eigenvalue weighted by Crippen LogP contribution is -2.24. The predicted molar refractivity (Wildman–Crippen MR) is 132 cm³/mol. The SMILES string of the molecule is Cn1cnnc1[C@@H](c1cccc(-c2n[nH]c3c(CN4C[C@@H](O)[C@H](O)C4)nc(C(F)(F)F)cc23)c1)C1CCC1. The maximum absolute atomic E-state index is 13.9. The Bertz CT molecular complexity index is 1450. The summed E-state index contributed by atoms with van der Waals surface area (Å²) in [4.78, 5) is 5.59. The molecule has 3 aromatic heterocycles. The molecule has 6 rings (SSSR count). The summed E-state index contributed by atoms with van der Waals surface area (Å²) in [7, 11) is 1.91. The van der Waals surface area contributed by atoms with Gasteiger partial charge in [-0.25, -0.2) is 4.98 Å². The first-order chi connectivity index (χ1) is 18.2. The molecule has 200 valence electrons. The van der Waals surface area contributed by atoms with E-state index in [1.54, 1.807) is 11.2 Å². The molecule has 12 heteroatoms. The monoisotopic (exact) mass is 527 g/mol. The maximum atomic E-state index is 13.9. The molecule has 4 heterocycles. The first-order valence-corrected chi connectivity index (χ1v) is 12.7. The van der Waals surface area contributed by atoms with E-state index in [9.17, 15) is 23.4 Å². The molecule has 0 radical (unpaired) electrons. The van der Waals surface area contributed by atoms with Crippen LogP contribution < -0.4 is 0 Å². The lowest BCUT2D eigenvalue weighted by Gasteiger charge is -2.33. The van der Waals surface area contributed by atoms with Crippen LogP contribution in [-0.4, -0.2) is 70.4 Å². The number of nitrogens with one attached hydrogen (secondary N) is 1. The number of halogens is 3. The summed E-state index contributed by atoms with van der Waals surface area (Å²) in [5, 5.41) is 35.9. The molecule has 9 nitrogen and oxygen atoms in total. The minimum atomic E-state index is -4.65. The Hall–Kier alpha value is -3.35. The minimum absolute atomic E-state index is 0.0254. The van der Waals surface area contributed by atoms with Crippen LogP contribution in [0.2, 0.25) is 0 Å². The van der Waals surface area contributed by atoms with Crippen molar-refractivity contribution in [2.75, 3.05) is 13.1 Å². The van der Waals surface area contributed by atoms with Crippen LogP contribution in [0.3, 0.4) is 0 Å². The fraction of sp³-hybridized carbons (Fsp3) is 0.462. The molecule has 3 atom stereocenters. The van der Waals surface area contributed by atoms with Crippen molar-refractivity contribution in [1.82, 2.24) is 34.8 Å². The van der Waals surface area contributed by atoms with Gasteiger partial charge in [0.15, 0.2) is 0 Å². The number of aryl methyl sites for hydroxylation is 1. The van der Waals surface area contributed by atoms with E-state index in [2.05, 4.69) is 25.4 Å². The van der Waals surface area contributed by atoms with Gasteiger partial charge in [-0.2, -0.15) is 18.3 Å². The van der Waals surface area contributed by atoms with Crippen LogP contribution in [0, 0.1) is 5.92 Å². The number of H-pyrrole nitrogens is 1. The van der Waals surface area contributed by atoms with Crippen molar-refractivity contribution in [1.29, 1.82) is 0 Å². The number of rotatable bonds is 6. The van der Waals surface area contributed by atoms with Crippen LogP contribution in [-0.2, 0) is 19.8 Å². The first kappa shape index (κ1) is 25.0. The molecule has 1 saturated carbocycles. The second kappa shape index (κ2) is 9.44. The number of aromatic nitrogens is 6. The molecule has 1 aliphatic heterocycles.